The number of amides is 2. The zero-order valence-electron chi connectivity index (χ0n) is 18.6. The van der Waals surface area contributed by atoms with Crippen LogP contribution in [0.15, 0.2) is 30.6 Å². The molecule has 8 nitrogen and oxygen atoms in total. The average molecular weight is 530 g/mol. The zero-order valence-corrected chi connectivity index (χ0v) is 18.6. The van der Waals surface area contributed by atoms with Crippen LogP contribution in [0.25, 0.3) is 16.8 Å². The van der Waals surface area contributed by atoms with Gasteiger partial charge in [0.1, 0.15) is 29.8 Å². The number of likely N-dealkylation sites (tertiary alicyclic amines) is 1. The summed E-state index contributed by atoms with van der Waals surface area (Å²) in [6.45, 7) is -0.830. The number of nitrogen functional groups attached to an aromatic ring is 1. The molecule has 0 spiro atoms. The molecule has 1 saturated carbocycles. The first-order valence-electron chi connectivity index (χ1n) is 10.9. The summed E-state index contributed by atoms with van der Waals surface area (Å²) in [6.07, 6.45) is -6.36. The monoisotopic (exact) mass is 530 g/mol. The van der Waals surface area contributed by atoms with Gasteiger partial charge in [-0.2, -0.15) is 18.3 Å². The van der Waals surface area contributed by atoms with Gasteiger partial charge >= 0.3 is 6.18 Å². The van der Waals surface area contributed by atoms with Crippen LogP contribution in [0.2, 0.25) is 0 Å². The second kappa shape index (κ2) is 8.31. The molecule has 2 amide bonds. The number of carbonyl (C=O) groups excluding carboxylic acids is 2. The Balaban J connectivity index is 1.41. The van der Waals surface area contributed by atoms with Crippen molar-refractivity contribution < 1.29 is 40.3 Å². The molecule has 3 N–H and O–H groups in total. The van der Waals surface area contributed by atoms with Crippen molar-refractivity contribution in [3.63, 3.8) is 0 Å². The number of hydrogen-bond donors (Lipinski definition) is 2. The molecule has 2 fully saturated rings. The molecule has 1 aliphatic carbocycles. The molecule has 0 radical (unpaired) electrons. The summed E-state index contributed by atoms with van der Waals surface area (Å²) in [7, 11) is 0. The van der Waals surface area contributed by atoms with Gasteiger partial charge in [-0.25, -0.2) is 27.1 Å². The highest BCUT2D eigenvalue weighted by Crippen LogP contribution is 2.49. The first-order chi connectivity index (χ1) is 17.3. The van der Waals surface area contributed by atoms with Crippen molar-refractivity contribution in [2.75, 3.05) is 18.8 Å². The van der Waals surface area contributed by atoms with Gasteiger partial charge in [-0.15, -0.1) is 0 Å². The number of fused-ring (bicyclic) bond motifs is 1. The van der Waals surface area contributed by atoms with Crippen molar-refractivity contribution in [1.29, 1.82) is 0 Å². The normalized spacial score (nSPS) is 22.9. The van der Waals surface area contributed by atoms with E-state index in [0.717, 1.165) is 33.9 Å². The van der Waals surface area contributed by atoms with Crippen molar-refractivity contribution in [1.82, 2.24) is 24.8 Å². The highest BCUT2D eigenvalue weighted by molar-refractivity contribution is 5.96. The van der Waals surface area contributed by atoms with Crippen LogP contribution < -0.4 is 11.1 Å². The first kappa shape index (κ1) is 24.8. The van der Waals surface area contributed by atoms with E-state index >= 15 is 0 Å². The number of aromatic nitrogens is 3. The molecule has 3 aromatic rings. The summed E-state index contributed by atoms with van der Waals surface area (Å²) in [6, 6.07) is 2.23. The van der Waals surface area contributed by atoms with Crippen LogP contribution in [0.5, 0.6) is 0 Å². The number of rotatable bonds is 4. The van der Waals surface area contributed by atoms with Crippen LogP contribution in [-0.2, 0) is 11.0 Å². The lowest BCUT2D eigenvalue weighted by atomic mass is 10.1. The Hall–Kier alpha value is -3.91. The number of carbonyl (C=O) groups is 2. The Kier molecular flexibility index (Phi) is 5.56. The smallest absolute Gasteiger partial charge is 0.382 e. The molecule has 5 rings (SSSR count). The molecule has 2 aliphatic rings. The fourth-order valence-corrected chi connectivity index (χ4v) is 4.37. The van der Waals surface area contributed by atoms with Crippen LogP contribution in [0.4, 0.5) is 36.6 Å². The van der Waals surface area contributed by atoms with Gasteiger partial charge in [0, 0.05) is 24.1 Å². The maximum atomic E-state index is 14.7. The molecule has 15 heteroatoms. The van der Waals surface area contributed by atoms with E-state index in [1.54, 1.807) is 0 Å². The molecule has 3 atom stereocenters. The second-order valence-corrected chi connectivity index (χ2v) is 8.90. The van der Waals surface area contributed by atoms with Crippen molar-refractivity contribution >= 4 is 23.1 Å². The quantitative estimate of drug-likeness (QED) is 0.505. The van der Waals surface area contributed by atoms with Crippen molar-refractivity contribution in [3.8, 4) is 11.3 Å². The Bertz CT molecular complexity index is 1420. The molecule has 1 unspecified atom stereocenters. The van der Waals surface area contributed by atoms with Crippen LogP contribution in [0.3, 0.4) is 0 Å². The van der Waals surface area contributed by atoms with Crippen LogP contribution in [0.1, 0.15) is 22.3 Å². The van der Waals surface area contributed by atoms with Gasteiger partial charge in [-0.05, 0) is 24.3 Å². The third-order valence-electron chi connectivity index (χ3n) is 6.39. The fraction of sp³-hybridized carbons (Fsp3) is 0.364. The van der Waals surface area contributed by atoms with Crippen LogP contribution >= 0.6 is 0 Å². The number of halogens is 7. The van der Waals surface area contributed by atoms with Gasteiger partial charge in [-0.3, -0.25) is 9.59 Å². The SMILES string of the molecule is Nc1ncnn2c(-c3cc(C(=O)N[C@@H]4CN(C(=O)C5CC5(F)F)C[C@@H]4F)ccc3F)cc(C(F)(F)F)c12. The number of nitrogens with two attached hydrogens (primary N) is 1. The predicted octanol–water partition coefficient (Wildman–Crippen LogP) is 3.07. The predicted molar refractivity (Wildman–Crippen MR) is 114 cm³/mol. The van der Waals surface area contributed by atoms with E-state index in [4.69, 9.17) is 5.73 Å². The Labute approximate surface area is 203 Å². The highest BCUT2D eigenvalue weighted by Gasteiger charge is 2.63. The average Bonchev–Trinajstić information content (AvgIpc) is 3.13. The van der Waals surface area contributed by atoms with Crippen molar-refractivity contribution in [2.45, 2.75) is 30.7 Å². The van der Waals surface area contributed by atoms with Gasteiger partial charge in [0.2, 0.25) is 5.91 Å². The molecule has 37 heavy (non-hydrogen) atoms. The standard InChI is InChI=1S/C22H17F7N6O2/c23-13-2-1-9(19(36)33-15-7-34(6-14(15)24)20(37)12-5-21(12,25)26)3-10(13)16-4-11(22(27,28)29)17-18(30)31-8-32-35(16)17/h1-4,8,12,14-15H,5-7H2,(H,33,36)(H2,30,31,32)/t12?,14-,15+/m0/s1. The lowest BCUT2D eigenvalue weighted by molar-refractivity contribution is -0.136. The Morgan fingerprint density at radius 1 is 1.16 bits per heavy atom. The van der Waals surface area contributed by atoms with E-state index in [1.165, 1.54) is 0 Å². The number of hydrogen-bond acceptors (Lipinski definition) is 5. The van der Waals surface area contributed by atoms with Crippen molar-refractivity contribution in [2.24, 2.45) is 5.92 Å². The molecular formula is C22H17F7N6O2. The Morgan fingerprint density at radius 2 is 1.86 bits per heavy atom. The van der Waals surface area contributed by atoms with E-state index in [2.05, 4.69) is 15.4 Å². The largest absolute Gasteiger partial charge is 0.418 e. The van der Waals surface area contributed by atoms with E-state index in [1.807, 2.05) is 0 Å². The van der Waals surface area contributed by atoms with Gasteiger partial charge in [-0.1, -0.05) is 0 Å². The molecule has 2 aromatic heterocycles. The maximum Gasteiger partial charge on any atom is 0.418 e. The van der Waals surface area contributed by atoms with E-state index in [0.29, 0.717) is 6.07 Å². The maximum absolute atomic E-state index is 14.7. The lowest BCUT2D eigenvalue weighted by Gasteiger charge is -2.17. The molecule has 1 aromatic carbocycles. The minimum absolute atomic E-state index is 0.229. The fourth-order valence-electron chi connectivity index (χ4n) is 4.37. The van der Waals surface area contributed by atoms with Gasteiger partial charge in [0.15, 0.2) is 5.82 Å². The molecule has 1 saturated heterocycles. The first-order valence-corrected chi connectivity index (χ1v) is 10.9. The summed E-state index contributed by atoms with van der Waals surface area (Å²) >= 11 is 0. The highest BCUT2D eigenvalue weighted by atomic mass is 19.4. The molecular weight excluding hydrogens is 513 g/mol. The summed E-state index contributed by atoms with van der Waals surface area (Å²) in [5.41, 5.74) is 2.77. The Morgan fingerprint density at radius 3 is 2.51 bits per heavy atom. The molecule has 1 aliphatic heterocycles. The van der Waals surface area contributed by atoms with E-state index in [-0.39, 0.29) is 17.8 Å². The van der Waals surface area contributed by atoms with Crippen molar-refractivity contribution in [3.05, 3.63) is 47.5 Å². The van der Waals surface area contributed by atoms with Gasteiger partial charge in [0.05, 0.1) is 23.8 Å². The topological polar surface area (TPSA) is 106 Å². The van der Waals surface area contributed by atoms with Crippen LogP contribution in [0, 0.1) is 11.7 Å². The van der Waals surface area contributed by atoms with Crippen LogP contribution in [-0.4, -0.2) is 62.5 Å². The number of nitrogens with zero attached hydrogens (tertiary/aromatic N) is 4. The lowest BCUT2D eigenvalue weighted by Crippen LogP contribution is -2.42. The molecule has 3 heterocycles. The number of benzene rings is 1. The van der Waals surface area contributed by atoms with E-state index in [9.17, 15) is 40.3 Å². The molecule has 196 valence electrons. The number of nitrogens with one attached hydrogen (secondary N) is 1. The number of anilines is 1. The van der Waals surface area contributed by atoms with Gasteiger partial charge < -0.3 is 16.0 Å². The molecule has 0 bridgehead atoms. The summed E-state index contributed by atoms with van der Waals surface area (Å²) in [5.74, 6) is -7.93. The number of alkyl halides is 6. The second-order valence-electron chi connectivity index (χ2n) is 8.90. The third kappa shape index (κ3) is 4.31. The minimum atomic E-state index is -4.87. The summed E-state index contributed by atoms with van der Waals surface area (Å²) in [4.78, 5) is 29.4. The summed E-state index contributed by atoms with van der Waals surface area (Å²) in [5, 5.41) is 6.07. The minimum Gasteiger partial charge on any atom is -0.382 e. The zero-order chi connectivity index (χ0) is 26.9. The van der Waals surface area contributed by atoms with Gasteiger partial charge in [0.25, 0.3) is 11.8 Å². The summed E-state index contributed by atoms with van der Waals surface area (Å²) < 4.78 is 97.2. The van der Waals surface area contributed by atoms with E-state index < -0.39 is 83.3 Å². The third-order valence-corrected chi connectivity index (χ3v) is 6.39.